The van der Waals surface area contributed by atoms with Gasteiger partial charge in [-0.05, 0) is 42.7 Å². The molecule has 0 saturated heterocycles. The lowest BCUT2D eigenvalue weighted by molar-refractivity contribution is 0.350. The summed E-state index contributed by atoms with van der Waals surface area (Å²) in [7, 11) is 0. The topological polar surface area (TPSA) is 12.0 Å². The Morgan fingerprint density at radius 3 is 2.37 bits per heavy atom. The fraction of sp³-hybridized carbons (Fsp3) is 0.667. The van der Waals surface area contributed by atoms with Crippen molar-refractivity contribution >= 4 is 0 Å². The van der Waals surface area contributed by atoms with Crippen LogP contribution in [0.15, 0.2) is 30.3 Å². The molecule has 1 unspecified atom stereocenters. The van der Waals surface area contributed by atoms with Crippen molar-refractivity contribution in [3.8, 4) is 0 Å². The molecule has 1 rings (SSSR count). The summed E-state index contributed by atoms with van der Waals surface area (Å²) < 4.78 is 0. The average molecular weight is 261 g/mol. The lowest BCUT2D eigenvalue weighted by Gasteiger charge is -2.22. The fourth-order valence-electron chi connectivity index (χ4n) is 2.44. The Labute approximate surface area is 119 Å². The normalized spacial score (nSPS) is 13.5. The first-order chi connectivity index (χ1) is 9.03. The van der Waals surface area contributed by atoms with Crippen LogP contribution in [0.5, 0.6) is 0 Å². The number of hydrogen-bond acceptors (Lipinski definition) is 1. The van der Waals surface area contributed by atoms with Crippen molar-refractivity contribution < 1.29 is 0 Å². The second-order valence-electron chi connectivity index (χ2n) is 6.76. The van der Waals surface area contributed by atoms with Crippen LogP contribution in [0.4, 0.5) is 0 Å². The van der Waals surface area contributed by atoms with Crippen LogP contribution >= 0.6 is 0 Å². The lowest BCUT2D eigenvalue weighted by Crippen LogP contribution is -2.22. The molecule has 1 nitrogen and oxygen atoms in total. The Morgan fingerprint density at radius 2 is 1.79 bits per heavy atom. The zero-order valence-electron chi connectivity index (χ0n) is 13.2. The summed E-state index contributed by atoms with van der Waals surface area (Å²) in [4.78, 5) is 0. The minimum atomic E-state index is 0.456. The molecule has 0 amide bonds. The van der Waals surface area contributed by atoms with Gasteiger partial charge in [0.15, 0.2) is 0 Å². The SMILES string of the molecule is CCCNCC(CCCC(C)(C)C)c1ccccc1. The maximum Gasteiger partial charge on any atom is 0.00201 e. The maximum atomic E-state index is 3.58. The standard InChI is InChI=1S/C18H31N/c1-5-14-19-15-17(12-9-13-18(2,3)4)16-10-7-6-8-11-16/h6-8,10-11,17,19H,5,9,12-15H2,1-4H3. The van der Waals surface area contributed by atoms with Crippen LogP contribution in [0.3, 0.4) is 0 Å². The Morgan fingerprint density at radius 1 is 1.11 bits per heavy atom. The van der Waals surface area contributed by atoms with Gasteiger partial charge in [0.1, 0.15) is 0 Å². The van der Waals surface area contributed by atoms with Crippen molar-refractivity contribution in [2.24, 2.45) is 5.41 Å². The Bertz CT molecular complexity index is 323. The molecule has 0 aromatic heterocycles. The average Bonchev–Trinajstić information content (AvgIpc) is 2.37. The molecule has 19 heavy (non-hydrogen) atoms. The van der Waals surface area contributed by atoms with Gasteiger partial charge in [-0.15, -0.1) is 0 Å². The van der Waals surface area contributed by atoms with Crippen molar-refractivity contribution in [3.05, 3.63) is 35.9 Å². The van der Waals surface area contributed by atoms with Crippen LogP contribution in [0.1, 0.15) is 64.9 Å². The van der Waals surface area contributed by atoms with E-state index in [2.05, 4.69) is 63.3 Å². The van der Waals surface area contributed by atoms with Crippen LogP contribution in [-0.4, -0.2) is 13.1 Å². The highest BCUT2D eigenvalue weighted by Crippen LogP contribution is 2.27. The summed E-state index contributed by atoms with van der Waals surface area (Å²) >= 11 is 0. The van der Waals surface area contributed by atoms with E-state index >= 15 is 0 Å². The molecule has 0 spiro atoms. The van der Waals surface area contributed by atoms with Crippen molar-refractivity contribution in [2.45, 2.75) is 59.3 Å². The molecule has 0 aliphatic rings. The van der Waals surface area contributed by atoms with Crippen LogP contribution in [-0.2, 0) is 0 Å². The van der Waals surface area contributed by atoms with Gasteiger partial charge < -0.3 is 5.32 Å². The third-order valence-electron chi connectivity index (χ3n) is 3.57. The zero-order chi connectivity index (χ0) is 14.1. The highest BCUT2D eigenvalue weighted by Gasteiger charge is 2.14. The highest BCUT2D eigenvalue weighted by molar-refractivity contribution is 5.19. The molecule has 0 heterocycles. The van der Waals surface area contributed by atoms with Gasteiger partial charge in [-0.2, -0.15) is 0 Å². The molecule has 0 fully saturated rings. The first-order valence-electron chi connectivity index (χ1n) is 7.78. The summed E-state index contributed by atoms with van der Waals surface area (Å²) in [5.41, 5.74) is 1.94. The molecule has 0 saturated carbocycles. The van der Waals surface area contributed by atoms with E-state index in [1.165, 1.54) is 31.2 Å². The monoisotopic (exact) mass is 261 g/mol. The molecule has 0 radical (unpaired) electrons. The predicted octanol–water partition coefficient (Wildman–Crippen LogP) is 4.99. The summed E-state index contributed by atoms with van der Waals surface area (Å²) in [5, 5.41) is 3.58. The Balaban J connectivity index is 2.50. The minimum Gasteiger partial charge on any atom is -0.316 e. The summed E-state index contributed by atoms with van der Waals surface area (Å²) in [5.74, 6) is 0.662. The Kier molecular flexibility index (Phi) is 7.15. The Hall–Kier alpha value is -0.820. The van der Waals surface area contributed by atoms with Gasteiger partial charge in [0.2, 0.25) is 0 Å². The molecule has 1 atom stereocenters. The lowest BCUT2D eigenvalue weighted by atomic mass is 9.86. The molecule has 1 N–H and O–H groups in total. The summed E-state index contributed by atoms with van der Waals surface area (Å²) in [6, 6.07) is 11.0. The van der Waals surface area contributed by atoms with E-state index in [-0.39, 0.29) is 0 Å². The molecular formula is C18H31N. The van der Waals surface area contributed by atoms with Gasteiger partial charge in [0.25, 0.3) is 0 Å². The molecule has 1 heteroatoms. The van der Waals surface area contributed by atoms with E-state index in [0.29, 0.717) is 11.3 Å². The first-order valence-corrected chi connectivity index (χ1v) is 7.78. The first kappa shape index (κ1) is 16.2. The molecule has 0 bridgehead atoms. The van der Waals surface area contributed by atoms with Crippen LogP contribution in [0.2, 0.25) is 0 Å². The van der Waals surface area contributed by atoms with E-state index in [9.17, 15) is 0 Å². The van der Waals surface area contributed by atoms with Gasteiger partial charge in [-0.25, -0.2) is 0 Å². The smallest absolute Gasteiger partial charge is 0.00201 e. The molecular weight excluding hydrogens is 230 g/mol. The second kappa shape index (κ2) is 8.37. The van der Waals surface area contributed by atoms with Gasteiger partial charge in [-0.3, -0.25) is 0 Å². The molecule has 0 aliphatic carbocycles. The van der Waals surface area contributed by atoms with Crippen molar-refractivity contribution in [2.75, 3.05) is 13.1 Å². The third kappa shape index (κ3) is 7.37. The molecule has 1 aromatic carbocycles. The van der Waals surface area contributed by atoms with E-state index in [0.717, 1.165) is 13.1 Å². The van der Waals surface area contributed by atoms with E-state index in [1.807, 2.05) is 0 Å². The van der Waals surface area contributed by atoms with Crippen LogP contribution < -0.4 is 5.32 Å². The van der Waals surface area contributed by atoms with E-state index in [1.54, 1.807) is 0 Å². The van der Waals surface area contributed by atoms with Gasteiger partial charge in [-0.1, -0.05) is 64.4 Å². The van der Waals surface area contributed by atoms with Crippen molar-refractivity contribution in [1.29, 1.82) is 0 Å². The number of rotatable bonds is 8. The largest absolute Gasteiger partial charge is 0.316 e. The van der Waals surface area contributed by atoms with Gasteiger partial charge in [0.05, 0.1) is 0 Å². The quantitative estimate of drug-likeness (QED) is 0.650. The highest BCUT2D eigenvalue weighted by atomic mass is 14.8. The molecule has 1 aromatic rings. The van der Waals surface area contributed by atoms with Gasteiger partial charge in [0, 0.05) is 6.54 Å². The maximum absolute atomic E-state index is 3.58. The third-order valence-corrected chi connectivity index (χ3v) is 3.57. The van der Waals surface area contributed by atoms with Crippen molar-refractivity contribution in [1.82, 2.24) is 5.32 Å². The fourth-order valence-corrected chi connectivity index (χ4v) is 2.44. The van der Waals surface area contributed by atoms with Crippen molar-refractivity contribution in [3.63, 3.8) is 0 Å². The molecule has 0 aliphatic heterocycles. The predicted molar refractivity (Wildman–Crippen MR) is 85.6 cm³/mol. The van der Waals surface area contributed by atoms with Crippen LogP contribution in [0, 0.1) is 5.41 Å². The summed E-state index contributed by atoms with van der Waals surface area (Å²) in [6.45, 7) is 11.5. The minimum absolute atomic E-state index is 0.456. The van der Waals surface area contributed by atoms with Crippen LogP contribution in [0.25, 0.3) is 0 Å². The zero-order valence-corrected chi connectivity index (χ0v) is 13.2. The molecule has 108 valence electrons. The summed E-state index contributed by atoms with van der Waals surface area (Å²) in [6.07, 6.45) is 5.13. The van der Waals surface area contributed by atoms with E-state index in [4.69, 9.17) is 0 Å². The van der Waals surface area contributed by atoms with E-state index < -0.39 is 0 Å². The number of benzene rings is 1. The van der Waals surface area contributed by atoms with Gasteiger partial charge >= 0.3 is 0 Å². The number of nitrogens with one attached hydrogen (secondary N) is 1. The number of hydrogen-bond donors (Lipinski definition) is 1. The second-order valence-corrected chi connectivity index (χ2v) is 6.76.